The van der Waals surface area contributed by atoms with Crippen LogP contribution >= 0.6 is 46.4 Å². The highest BCUT2D eigenvalue weighted by molar-refractivity contribution is 6.43. The van der Waals surface area contributed by atoms with Crippen molar-refractivity contribution in [1.82, 2.24) is 4.57 Å². The number of fused-ring (bicyclic) bond motifs is 2. The number of halogens is 4. The summed E-state index contributed by atoms with van der Waals surface area (Å²) in [5.41, 5.74) is 1.83. The summed E-state index contributed by atoms with van der Waals surface area (Å²) in [6.45, 7) is -0.795. The van der Waals surface area contributed by atoms with Gasteiger partial charge in [-0.2, -0.15) is 0 Å². The highest BCUT2D eigenvalue weighted by Crippen LogP contribution is 2.45. The second-order valence-electron chi connectivity index (χ2n) is 7.45. The Hall–Kier alpha value is -2.91. The van der Waals surface area contributed by atoms with Gasteiger partial charge in [0.15, 0.2) is 24.6 Å². The van der Waals surface area contributed by atoms with Crippen LogP contribution in [0.2, 0.25) is 20.1 Å². The molecule has 0 fully saturated rings. The molecule has 0 saturated heterocycles. The number of rotatable bonds is 6. The number of carbonyl (C=O) groups is 2. The van der Waals surface area contributed by atoms with Gasteiger partial charge < -0.3 is 20.0 Å². The minimum Gasteiger partial charge on any atom is -0.480 e. The largest absolute Gasteiger partial charge is 0.480 e. The van der Waals surface area contributed by atoms with Crippen LogP contribution in [0.4, 0.5) is 11.4 Å². The topological polar surface area (TPSA) is 89.9 Å². The second-order valence-corrected chi connectivity index (χ2v) is 9.08. The first-order valence-corrected chi connectivity index (χ1v) is 11.3. The fraction of sp³-hybridized carbons (Fsp3) is 0.0870. The maximum atomic E-state index is 11.5. The number of hydrogen-bond donors (Lipinski definition) is 2. The van der Waals surface area contributed by atoms with Crippen molar-refractivity contribution < 1.29 is 24.4 Å². The van der Waals surface area contributed by atoms with Crippen LogP contribution in [0.1, 0.15) is 5.82 Å². The zero-order chi connectivity index (χ0) is 25.6. The molecule has 3 aromatic rings. The molecule has 0 amide bonds. The molecule has 1 aromatic heterocycles. The smallest absolute Gasteiger partial charge is 0.346 e. The van der Waals surface area contributed by atoms with Crippen LogP contribution in [0.15, 0.2) is 42.2 Å². The van der Waals surface area contributed by atoms with Gasteiger partial charge in [-0.15, -0.1) is 0 Å². The summed E-state index contributed by atoms with van der Waals surface area (Å²) >= 11 is 24.5. The molecule has 0 saturated carbocycles. The highest BCUT2D eigenvalue weighted by Gasteiger charge is 2.31. The first-order valence-electron chi connectivity index (χ1n) is 9.81. The Bertz CT molecular complexity index is 1450. The summed E-state index contributed by atoms with van der Waals surface area (Å²) in [5, 5.41) is 19.8. The average Bonchev–Trinajstić information content (AvgIpc) is 3.15. The van der Waals surface area contributed by atoms with E-state index in [0.29, 0.717) is 34.1 Å². The summed E-state index contributed by atoms with van der Waals surface area (Å²) < 4.78 is 2.72. The molecule has 0 bridgehead atoms. The molecule has 2 aromatic carbocycles. The predicted octanol–water partition coefficient (Wildman–Crippen LogP) is 5.08. The molecule has 1 aliphatic rings. The minimum atomic E-state index is -1.10. The van der Waals surface area contributed by atoms with Crippen molar-refractivity contribution in [3.63, 3.8) is 0 Å². The van der Waals surface area contributed by atoms with E-state index in [1.54, 1.807) is 18.2 Å². The lowest BCUT2D eigenvalue weighted by Crippen LogP contribution is -2.30. The van der Waals surface area contributed by atoms with E-state index in [9.17, 15) is 19.8 Å². The molecule has 2 heterocycles. The fourth-order valence-electron chi connectivity index (χ4n) is 3.79. The molecule has 4 rings (SSSR count). The van der Waals surface area contributed by atoms with Crippen LogP contribution in [0.5, 0.6) is 0 Å². The molecular formula is C23H15Cl4N4O4+. The summed E-state index contributed by atoms with van der Waals surface area (Å²) in [7, 11) is 12.5. The van der Waals surface area contributed by atoms with Gasteiger partial charge in [-0.25, -0.2) is 13.9 Å². The van der Waals surface area contributed by atoms with E-state index in [4.69, 9.17) is 60.5 Å². The number of hydrogen-bond acceptors (Lipinski definition) is 4. The van der Waals surface area contributed by atoms with Gasteiger partial charge in [-0.3, -0.25) is 4.79 Å². The van der Waals surface area contributed by atoms with Gasteiger partial charge in [0.2, 0.25) is 0 Å². The average molecular weight is 553 g/mol. The number of carboxylic acid groups (broad SMARTS) is 2. The third-order valence-corrected chi connectivity index (χ3v) is 6.70. The molecule has 12 heteroatoms. The molecule has 178 valence electrons. The Balaban J connectivity index is 1.80. The lowest BCUT2D eigenvalue weighted by molar-refractivity contribution is -0.587. The highest BCUT2D eigenvalue weighted by atomic mass is 35.5. The van der Waals surface area contributed by atoms with Gasteiger partial charge in [0, 0.05) is 18.2 Å². The molecule has 1 aliphatic heterocycles. The van der Waals surface area contributed by atoms with Gasteiger partial charge in [-0.1, -0.05) is 52.5 Å². The summed E-state index contributed by atoms with van der Waals surface area (Å²) in [5.74, 6) is -1.57. The van der Waals surface area contributed by atoms with Gasteiger partial charge >= 0.3 is 11.9 Å². The maximum absolute atomic E-state index is 11.5. The number of aromatic nitrogens is 2. The summed E-state index contributed by atoms with van der Waals surface area (Å²) in [6, 6.07) is 6.12. The maximum Gasteiger partial charge on any atom is 0.346 e. The molecule has 0 unspecified atom stereocenters. The number of benzene rings is 2. The van der Waals surface area contributed by atoms with E-state index in [0.717, 1.165) is 0 Å². The molecule has 0 spiro atoms. The van der Waals surface area contributed by atoms with E-state index in [1.807, 2.05) is 0 Å². The van der Waals surface area contributed by atoms with E-state index in [2.05, 4.69) is 0 Å². The second kappa shape index (κ2) is 9.62. The van der Waals surface area contributed by atoms with Crippen LogP contribution in [-0.2, 0) is 16.1 Å². The van der Waals surface area contributed by atoms with Crippen molar-refractivity contribution in [2.75, 3.05) is 16.3 Å². The third kappa shape index (κ3) is 4.67. The molecule has 4 radical (unpaired) electrons. The molecule has 35 heavy (non-hydrogen) atoms. The van der Waals surface area contributed by atoms with Crippen molar-refractivity contribution in [3.8, 4) is 0 Å². The van der Waals surface area contributed by atoms with Crippen molar-refractivity contribution in [3.05, 3.63) is 82.2 Å². The first-order chi connectivity index (χ1) is 16.5. The number of anilines is 2. The zero-order valence-electron chi connectivity index (χ0n) is 17.6. The van der Waals surface area contributed by atoms with E-state index >= 15 is 0 Å². The number of nitrogens with zero attached hydrogens (tertiary/aromatic N) is 4. The van der Waals surface area contributed by atoms with Crippen LogP contribution in [0.3, 0.4) is 0 Å². The van der Waals surface area contributed by atoms with Crippen LogP contribution in [-0.4, -0.2) is 33.3 Å². The van der Waals surface area contributed by atoms with E-state index in [1.165, 1.54) is 43.2 Å². The van der Waals surface area contributed by atoms with Crippen LogP contribution in [0, 0.1) is 14.1 Å². The lowest BCUT2D eigenvalue weighted by Gasteiger charge is -2.20. The number of carboxylic acids is 2. The van der Waals surface area contributed by atoms with Crippen LogP contribution < -0.4 is 14.4 Å². The van der Waals surface area contributed by atoms with Crippen molar-refractivity contribution in [2.24, 2.45) is 0 Å². The Kier molecular flexibility index (Phi) is 6.92. The zero-order valence-corrected chi connectivity index (χ0v) is 20.6. The summed E-state index contributed by atoms with van der Waals surface area (Å²) in [4.78, 5) is 25.7. The molecular weight excluding hydrogens is 538 g/mol. The third-order valence-electron chi connectivity index (χ3n) is 5.26. The first kappa shape index (κ1) is 25.2. The molecule has 8 nitrogen and oxygen atoms in total. The van der Waals surface area contributed by atoms with Gasteiger partial charge in [-0.05, 0) is 18.2 Å². The molecule has 2 N–H and O–H groups in total. The van der Waals surface area contributed by atoms with Crippen molar-refractivity contribution in [2.45, 2.75) is 6.54 Å². The van der Waals surface area contributed by atoms with Crippen LogP contribution in [0.25, 0.3) is 17.1 Å². The van der Waals surface area contributed by atoms with Gasteiger partial charge in [0.25, 0.3) is 5.82 Å². The Labute approximate surface area is 220 Å². The normalized spacial score (nSPS) is 14.5. The monoisotopic (exact) mass is 551 g/mol. The van der Waals surface area contributed by atoms with Crippen molar-refractivity contribution in [1.29, 1.82) is 0 Å². The molecule has 0 aliphatic carbocycles. The Morgan fingerprint density at radius 1 is 0.914 bits per heavy atom. The predicted molar refractivity (Wildman–Crippen MR) is 135 cm³/mol. The number of allylic oxidation sites excluding steroid dienone is 2. The SMILES string of the molecule is [CH]N1/C(=C\C=C\c2n(CC(=O)O)c3cc(Cl)c(Cl)cc3[n+]2[CH])N(CC(=O)O)c2cc(Cl)c(Cl)cc21. The number of aliphatic carboxylic acids is 2. The quantitative estimate of drug-likeness (QED) is 0.415. The van der Waals surface area contributed by atoms with E-state index in [-0.39, 0.29) is 20.1 Å². The fourth-order valence-corrected chi connectivity index (χ4v) is 4.42. The van der Waals surface area contributed by atoms with Gasteiger partial charge in [0.05, 0.1) is 38.5 Å². The number of imidazole rings is 1. The Morgan fingerprint density at radius 3 is 2.11 bits per heavy atom. The standard InChI is InChI=1S/C23H15Cl4N4O4/c1-28-16-6-12(24)14(26)8-18(16)30(10-22(32)33)20(28)4-3-5-21-29(2)17-7-13(25)15(27)9-19(17)31(21)11-23(34)35/h1-9H,10-11H2,(H,32,33)(H,34,35)/q+1. The Morgan fingerprint density at radius 2 is 1.49 bits per heavy atom. The minimum absolute atomic E-state index is 0.241. The van der Waals surface area contributed by atoms with Gasteiger partial charge in [0.1, 0.15) is 12.4 Å². The van der Waals surface area contributed by atoms with E-state index < -0.39 is 25.0 Å². The summed E-state index contributed by atoms with van der Waals surface area (Å²) in [6.07, 6.45) is 4.65. The molecule has 0 atom stereocenters. The van der Waals surface area contributed by atoms with Crippen molar-refractivity contribution >= 4 is 86.8 Å². The lowest BCUT2D eigenvalue weighted by atomic mass is 10.2.